The second-order valence-electron chi connectivity index (χ2n) is 9.89. The lowest BCUT2D eigenvalue weighted by Crippen LogP contribution is -2.64. The number of piperidine rings is 3. The van der Waals surface area contributed by atoms with Gasteiger partial charge in [-0.15, -0.1) is 5.10 Å². The molecule has 5 nitrogen and oxygen atoms in total. The summed E-state index contributed by atoms with van der Waals surface area (Å²) in [5.74, 6) is 1.91. The molecule has 1 aromatic heterocycles. The first kappa shape index (κ1) is 23.3. The largest absolute Gasteiger partial charge is 0.496 e. The molecule has 2 bridgehead atoms. The monoisotopic (exact) mass is 496 g/mol. The Morgan fingerprint density at radius 2 is 1.67 bits per heavy atom. The Kier molecular flexibility index (Phi) is 6.81. The highest BCUT2D eigenvalue weighted by Crippen LogP contribution is 2.42. The number of fused-ring (bicyclic) bond motifs is 3. The maximum absolute atomic E-state index is 5.75. The van der Waals surface area contributed by atoms with Gasteiger partial charge in [-0.1, -0.05) is 65.2 Å². The van der Waals surface area contributed by atoms with E-state index in [-0.39, 0.29) is 0 Å². The van der Waals surface area contributed by atoms with E-state index in [1.165, 1.54) is 48.6 Å². The summed E-state index contributed by atoms with van der Waals surface area (Å²) in [6.07, 6.45) is 2.51. The Balaban J connectivity index is 1.33. The number of aromatic nitrogens is 2. The van der Waals surface area contributed by atoms with Crippen molar-refractivity contribution in [1.82, 2.24) is 19.8 Å². The van der Waals surface area contributed by atoms with E-state index < -0.39 is 0 Å². The fraction of sp³-hybridized carbons (Fsp3) is 0.333. The number of benzene rings is 3. The maximum atomic E-state index is 5.75. The van der Waals surface area contributed by atoms with Gasteiger partial charge in [0.15, 0.2) is 0 Å². The molecule has 3 saturated heterocycles. The summed E-state index contributed by atoms with van der Waals surface area (Å²) in [7, 11) is 1.75. The zero-order valence-corrected chi connectivity index (χ0v) is 21.4. The van der Waals surface area contributed by atoms with Crippen LogP contribution < -0.4 is 10.1 Å². The molecule has 0 aliphatic carbocycles. The Labute approximate surface area is 217 Å². The van der Waals surface area contributed by atoms with Crippen LogP contribution in [0.4, 0.5) is 0 Å². The quantitative estimate of drug-likeness (QED) is 0.344. The molecule has 1 N–H and O–H groups in total. The van der Waals surface area contributed by atoms with Crippen LogP contribution in [0.1, 0.15) is 35.4 Å². The molecule has 0 radical (unpaired) electrons. The Bertz CT molecular complexity index is 1220. The lowest BCUT2D eigenvalue weighted by atomic mass is 9.70. The minimum Gasteiger partial charge on any atom is -0.496 e. The highest BCUT2D eigenvalue weighted by Gasteiger charge is 2.46. The van der Waals surface area contributed by atoms with Crippen LogP contribution in [0.3, 0.4) is 0 Å². The molecule has 0 amide bonds. The molecular formula is C30H32N4OS. The van der Waals surface area contributed by atoms with Crippen molar-refractivity contribution in [2.24, 2.45) is 5.92 Å². The second-order valence-corrected chi connectivity index (χ2v) is 10.5. The fourth-order valence-corrected chi connectivity index (χ4v) is 6.76. The number of nitrogens with zero attached hydrogens (tertiary/aromatic N) is 3. The number of nitrogens with one attached hydrogen (secondary N) is 1. The molecule has 7 rings (SSSR count). The van der Waals surface area contributed by atoms with Gasteiger partial charge in [0.2, 0.25) is 0 Å². The third kappa shape index (κ3) is 4.57. The zero-order valence-electron chi connectivity index (χ0n) is 20.6. The van der Waals surface area contributed by atoms with Crippen molar-refractivity contribution in [3.63, 3.8) is 0 Å². The zero-order chi connectivity index (χ0) is 24.3. The minimum absolute atomic E-state index is 0.322. The van der Waals surface area contributed by atoms with Gasteiger partial charge in [0.1, 0.15) is 11.4 Å². The van der Waals surface area contributed by atoms with Crippen molar-refractivity contribution < 1.29 is 4.74 Å². The van der Waals surface area contributed by atoms with Crippen LogP contribution in [0.15, 0.2) is 84.2 Å². The summed E-state index contributed by atoms with van der Waals surface area (Å²) in [5.41, 5.74) is 5.94. The van der Waals surface area contributed by atoms with E-state index in [4.69, 9.17) is 4.74 Å². The first-order valence-corrected chi connectivity index (χ1v) is 13.7. The predicted molar refractivity (Wildman–Crippen MR) is 145 cm³/mol. The van der Waals surface area contributed by atoms with Crippen LogP contribution in [0.25, 0.3) is 11.3 Å². The van der Waals surface area contributed by atoms with Crippen LogP contribution in [-0.4, -0.2) is 46.8 Å². The van der Waals surface area contributed by atoms with E-state index >= 15 is 0 Å². The van der Waals surface area contributed by atoms with Crippen molar-refractivity contribution in [3.8, 4) is 17.0 Å². The molecule has 36 heavy (non-hydrogen) atoms. The molecule has 3 aromatic carbocycles. The normalized spacial score (nSPS) is 23.2. The highest BCUT2D eigenvalue weighted by molar-refractivity contribution is 7.03. The van der Waals surface area contributed by atoms with Crippen LogP contribution >= 0.6 is 11.5 Å². The van der Waals surface area contributed by atoms with E-state index in [2.05, 4.69) is 98.7 Å². The van der Waals surface area contributed by atoms with Crippen LogP contribution in [0.2, 0.25) is 0 Å². The van der Waals surface area contributed by atoms with Crippen LogP contribution in [-0.2, 0) is 6.54 Å². The van der Waals surface area contributed by atoms with E-state index in [9.17, 15) is 0 Å². The topological polar surface area (TPSA) is 50.3 Å². The van der Waals surface area contributed by atoms with Gasteiger partial charge in [-0.25, -0.2) is 0 Å². The lowest BCUT2D eigenvalue weighted by molar-refractivity contribution is 0.00462. The number of methoxy groups -OCH3 is 1. The van der Waals surface area contributed by atoms with Gasteiger partial charge >= 0.3 is 0 Å². The SMILES string of the molecule is COc1ccc(-c2csnn2)cc1CNC1C2CCN(CC2)C1C(c1ccccc1)c1ccccc1. The summed E-state index contributed by atoms with van der Waals surface area (Å²) in [4.78, 5) is 2.73. The van der Waals surface area contributed by atoms with E-state index in [0.717, 1.165) is 29.1 Å². The van der Waals surface area contributed by atoms with Crippen molar-refractivity contribution in [2.45, 2.75) is 37.4 Å². The molecule has 2 unspecified atom stereocenters. The van der Waals surface area contributed by atoms with Gasteiger partial charge in [0.05, 0.1) is 7.11 Å². The number of ether oxygens (including phenoxy) is 1. The third-order valence-electron chi connectivity index (χ3n) is 7.99. The lowest BCUT2D eigenvalue weighted by Gasteiger charge is -2.54. The predicted octanol–water partition coefficient (Wildman–Crippen LogP) is 5.60. The first-order chi connectivity index (χ1) is 17.8. The number of hydrogen-bond donors (Lipinski definition) is 1. The molecule has 0 saturated carbocycles. The molecule has 3 aliphatic rings. The molecule has 0 spiro atoms. The van der Waals surface area contributed by atoms with Gasteiger partial charge < -0.3 is 10.1 Å². The average molecular weight is 497 g/mol. The molecule has 3 fully saturated rings. The number of rotatable bonds is 8. The summed E-state index contributed by atoms with van der Waals surface area (Å²) in [6, 6.07) is 29.2. The third-order valence-corrected chi connectivity index (χ3v) is 8.50. The second kappa shape index (κ2) is 10.5. The van der Waals surface area contributed by atoms with Gasteiger partial charge in [-0.05, 0) is 72.7 Å². The average Bonchev–Trinajstić information content (AvgIpc) is 3.49. The molecule has 4 aromatic rings. The molecule has 184 valence electrons. The summed E-state index contributed by atoms with van der Waals surface area (Å²) >= 11 is 1.38. The summed E-state index contributed by atoms with van der Waals surface area (Å²) < 4.78 is 9.79. The van der Waals surface area contributed by atoms with Crippen LogP contribution in [0, 0.1) is 5.92 Å². The molecule has 3 aliphatic heterocycles. The van der Waals surface area contributed by atoms with E-state index in [1.807, 2.05) is 5.38 Å². The Morgan fingerprint density at radius 1 is 0.972 bits per heavy atom. The van der Waals surface area contributed by atoms with Crippen molar-refractivity contribution in [1.29, 1.82) is 0 Å². The van der Waals surface area contributed by atoms with Crippen LogP contribution in [0.5, 0.6) is 5.75 Å². The first-order valence-electron chi connectivity index (χ1n) is 12.8. The minimum atomic E-state index is 0.322. The molecule has 4 heterocycles. The maximum Gasteiger partial charge on any atom is 0.123 e. The summed E-state index contributed by atoms with van der Waals surface area (Å²) in [6.45, 7) is 3.12. The highest BCUT2D eigenvalue weighted by atomic mass is 32.1. The molecule has 6 heteroatoms. The van der Waals surface area contributed by atoms with Gasteiger partial charge in [-0.3, -0.25) is 4.90 Å². The summed E-state index contributed by atoms with van der Waals surface area (Å²) in [5, 5.41) is 10.3. The van der Waals surface area contributed by atoms with Crippen molar-refractivity contribution in [2.75, 3.05) is 20.2 Å². The smallest absolute Gasteiger partial charge is 0.123 e. The van der Waals surface area contributed by atoms with Crippen molar-refractivity contribution >= 4 is 11.5 Å². The molecule has 2 atom stereocenters. The van der Waals surface area contributed by atoms with E-state index in [1.54, 1.807) is 7.11 Å². The van der Waals surface area contributed by atoms with Gasteiger partial charge in [0, 0.05) is 41.1 Å². The van der Waals surface area contributed by atoms with Crippen molar-refractivity contribution in [3.05, 3.63) is 101 Å². The molecular weight excluding hydrogens is 464 g/mol. The number of hydrogen-bond acceptors (Lipinski definition) is 6. The van der Waals surface area contributed by atoms with Gasteiger partial charge in [-0.2, -0.15) is 0 Å². The standard InChI is InChI=1S/C30H32N4OS/c1-35-27-13-12-24(26-20-36-33-32-26)18-25(27)19-31-29-23-14-16-34(17-15-23)30(29)28(21-8-4-2-5-9-21)22-10-6-3-7-11-22/h2-13,18,20,23,28-31H,14-17,19H2,1H3. The van der Waals surface area contributed by atoms with E-state index in [0.29, 0.717) is 23.9 Å². The Morgan fingerprint density at radius 3 is 2.28 bits per heavy atom. The Hall–Kier alpha value is -3.06. The fourth-order valence-electron chi connectivity index (χ4n) is 6.29. The van der Waals surface area contributed by atoms with Gasteiger partial charge in [0.25, 0.3) is 0 Å².